The van der Waals surface area contributed by atoms with Crippen molar-refractivity contribution in [3.8, 4) is 0 Å². The Hall–Kier alpha value is -3.28. The zero-order chi connectivity index (χ0) is 19.4. The summed E-state index contributed by atoms with van der Waals surface area (Å²) in [7, 11) is 0. The molecule has 3 aromatic rings. The molecule has 6 heteroatoms. The lowest BCUT2D eigenvalue weighted by atomic mass is 9.98. The molecule has 0 aliphatic carbocycles. The van der Waals surface area contributed by atoms with Gasteiger partial charge in [-0.3, -0.25) is 4.79 Å². The Bertz CT molecular complexity index is 998. The van der Waals surface area contributed by atoms with E-state index in [0.717, 1.165) is 22.4 Å². The Morgan fingerprint density at radius 3 is 2.44 bits per heavy atom. The summed E-state index contributed by atoms with van der Waals surface area (Å²) in [6.07, 6.45) is -0.278. The maximum atomic E-state index is 13.7. The smallest absolute Gasteiger partial charge is 0.326 e. The summed E-state index contributed by atoms with van der Waals surface area (Å²) in [6.45, 7) is 0. The van der Waals surface area contributed by atoms with Gasteiger partial charge in [0.1, 0.15) is 17.7 Å². The van der Waals surface area contributed by atoms with Crippen LogP contribution < -0.4 is 5.32 Å². The first-order valence-corrected chi connectivity index (χ1v) is 8.37. The summed E-state index contributed by atoms with van der Waals surface area (Å²) in [5, 5.41) is 13.8. The second-order valence-corrected chi connectivity index (χ2v) is 6.21. The highest BCUT2D eigenvalue weighted by Crippen LogP contribution is 2.20. The first kappa shape index (κ1) is 18.5. The van der Waals surface area contributed by atoms with Crippen molar-refractivity contribution in [3.63, 3.8) is 0 Å². The van der Waals surface area contributed by atoms with E-state index in [1.165, 1.54) is 6.07 Å². The van der Waals surface area contributed by atoms with E-state index in [9.17, 15) is 23.5 Å². The standard InChI is InChI=1S/C21H17F2NO3/c22-16-9-8-15(18(23)12-16)11-20(25)24-19(21(26)27)10-14-6-3-5-13-4-1-2-7-17(13)14/h1-9,12,19H,10-11H2,(H,24,25)(H,26,27)/t19-/m1/s1. The molecule has 0 radical (unpaired) electrons. The third-order valence-corrected chi connectivity index (χ3v) is 4.30. The molecule has 4 nitrogen and oxygen atoms in total. The van der Waals surface area contributed by atoms with Crippen LogP contribution in [0.3, 0.4) is 0 Å². The Morgan fingerprint density at radius 1 is 0.963 bits per heavy atom. The fourth-order valence-electron chi connectivity index (χ4n) is 2.97. The second-order valence-electron chi connectivity index (χ2n) is 6.21. The van der Waals surface area contributed by atoms with E-state index in [1.807, 2.05) is 42.5 Å². The molecule has 0 heterocycles. The van der Waals surface area contributed by atoms with Crippen LogP contribution in [0.1, 0.15) is 11.1 Å². The normalized spacial score (nSPS) is 11.9. The van der Waals surface area contributed by atoms with E-state index in [4.69, 9.17) is 0 Å². The predicted molar refractivity (Wildman–Crippen MR) is 97.3 cm³/mol. The van der Waals surface area contributed by atoms with Crippen LogP contribution in [0.5, 0.6) is 0 Å². The quantitative estimate of drug-likeness (QED) is 0.699. The number of nitrogens with one attached hydrogen (secondary N) is 1. The van der Waals surface area contributed by atoms with Gasteiger partial charge in [-0.2, -0.15) is 0 Å². The van der Waals surface area contributed by atoms with Gasteiger partial charge in [0, 0.05) is 12.5 Å². The molecular formula is C21H17F2NO3. The average molecular weight is 369 g/mol. The first-order valence-electron chi connectivity index (χ1n) is 8.37. The molecule has 0 aliphatic rings. The van der Waals surface area contributed by atoms with Crippen molar-refractivity contribution in [3.05, 3.63) is 83.4 Å². The molecule has 0 aliphatic heterocycles. The zero-order valence-corrected chi connectivity index (χ0v) is 14.3. The maximum absolute atomic E-state index is 13.7. The van der Waals surface area contributed by atoms with Crippen molar-refractivity contribution in [2.24, 2.45) is 0 Å². The van der Waals surface area contributed by atoms with Gasteiger partial charge in [-0.1, -0.05) is 48.5 Å². The van der Waals surface area contributed by atoms with Crippen LogP contribution >= 0.6 is 0 Å². The second kappa shape index (κ2) is 7.95. The number of carboxylic acids is 1. The van der Waals surface area contributed by atoms with Crippen LogP contribution in [0, 0.1) is 11.6 Å². The molecule has 0 saturated heterocycles. The molecule has 0 unspecified atom stereocenters. The van der Waals surface area contributed by atoms with Crippen molar-refractivity contribution in [2.45, 2.75) is 18.9 Å². The Labute approximate surface area is 154 Å². The SMILES string of the molecule is O=C(Cc1ccc(F)cc1F)N[C@H](Cc1cccc2ccccc12)C(=O)O. The minimum atomic E-state index is -1.18. The van der Waals surface area contributed by atoms with Crippen molar-refractivity contribution in [1.82, 2.24) is 5.32 Å². The van der Waals surface area contributed by atoms with Gasteiger partial charge in [-0.15, -0.1) is 0 Å². The molecule has 3 aromatic carbocycles. The summed E-state index contributed by atoms with van der Waals surface area (Å²) in [5.41, 5.74) is 0.789. The highest BCUT2D eigenvalue weighted by molar-refractivity contribution is 5.88. The molecule has 0 fully saturated rings. The molecule has 0 saturated carbocycles. The number of aliphatic carboxylic acids is 1. The highest BCUT2D eigenvalue weighted by Gasteiger charge is 2.22. The number of benzene rings is 3. The van der Waals surface area contributed by atoms with E-state index in [2.05, 4.69) is 5.32 Å². The number of hydrogen-bond acceptors (Lipinski definition) is 2. The predicted octanol–water partition coefficient (Wildman–Crippen LogP) is 3.47. The molecule has 3 rings (SSSR count). The lowest BCUT2D eigenvalue weighted by Gasteiger charge is -2.16. The average Bonchev–Trinajstić information content (AvgIpc) is 2.63. The van der Waals surface area contributed by atoms with E-state index in [0.29, 0.717) is 6.07 Å². The lowest BCUT2D eigenvalue weighted by molar-refractivity contribution is -0.141. The monoisotopic (exact) mass is 369 g/mol. The van der Waals surface area contributed by atoms with Gasteiger partial charge in [0.15, 0.2) is 0 Å². The number of hydrogen-bond donors (Lipinski definition) is 2. The van der Waals surface area contributed by atoms with Crippen LogP contribution in [0.15, 0.2) is 60.7 Å². The fraction of sp³-hybridized carbons (Fsp3) is 0.143. The lowest BCUT2D eigenvalue weighted by Crippen LogP contribution is -2.43. The van der Waals surface area contributed by atoms with Crippen molar-refractivity contribution < 1.29 is 23.5 Å². The molecule has 27 heavy (non-hydrogen) atoms. The van der Waals surface area contributed by atoms with Gasteiger partial charge in [0.2, 0.25) is 5.91 Å². The number of carboxylic acid groups (broad SMARTS) is 1. The molecule has 1 atom stereocenters. The summed E-state index contributed by atoms with van der Waals surface area (Å²) >= 11 is 0. The van der Waals surface area contributed by atoms with Crippen LogP contribution in [0.25, 0.3) is 10.8 Å². The number of carbonyl (C=O) groups excluding carboxylic acids is 1. The molecule has 0 spiro atoms. The first-order chi connectivity index (χ1) is 12.9. The Balaban J connectivity index is 1.75. The van der Waals surface area contributed by atoms with Crippen LogP contribution in [0.2, 0.25) is 0 Å². The summed E-state index contributed by atoms with van der Waals surface area (Å²) in [5.74, 6) is -3.41. The molecule has 0 aromatic heterocycles. The van der Waals surface area contributed by atoms with E-state index in [-0.39, 0.29) is 18.4 Å². The number of fused-ring (bicyclic) bond motifs is 1. The fourth-order valence-corrected chi connectivity index (χ4v) is 2.97. The molecule has 1 amide bonds. The number of rotatable bonds is 6. The molecular weight excluding hydrogens is 352 g/mol. The van der Waals surface area contributed by atoms with Gasteiger partial charge < -0.3 is 10.4 Å². The van der Waals surface area contributed by atoms with Gasteiger partial charge in [-0.05, 0) is 28.0 Å². The Kier molecular flexibility index (Phi) is 5.45. The maximum Gasteiger partial charge on any atom is 0.326 e. The van der Waals surface area contributed by atoms with Gasteiger partial charge in [0.05, 0.1) is 6.42 Å². The topological polar surface area (TPSA) is 66.4 Å². The van der Waals surface area contributed by atoms with E-state index < -0.39 is 29.6 Å². The van der Waals surface area contributed by atoms with Gasteiger partial charge in [-0.25, -0.2) is 13.6 Å². The molecule has 138 valence electrons. The van der Waals surface area contributed by atoms with Crippen molar-refractivity contribution >= 4 is 22.6 Å². The summed E-state index contributed by atoms with van der Waals surface area (Å²) in [6, 6.07) is 14.9. The number of carbonyl (C=O) groups is 2. The zero-order valence-electron chi connectivity index (χ0n) is 14.3. The van der Waals surface area contributed by atoms with Crippen LogP contribution in [-0.2, 0) is 22.4 Å². The Morgan fingerprint density at radius 2 is 1.70 bits per heavy atom. The number of amides is 1. The van der Waals surface area contributed by atoms with Gasteiger partial charge >= 0.3 is 5.97 Å². The summed E-state index contributed by atoms with van der Waals surface area (Å²) < 4.78 is 26.6. The van der Waals surface area contributed by atoms with E-state index in [1.54, 1.807) is 0 Å². The minimum Gasteiger partial charge on any atom is -0.480 e. The number of halogens is 2. The van der Waals surface area contributed by atoms with Crippen molar-refractivity contribution in [1.29, 1.82) is 0 Å². The largest absolute Gasteiger partial charge is 0.480 e. The van der Waals surface area contributed by atoms with E-state index >= 15 is 0 Å². The van der Waals surface area contributed by atoms with Crippen molar-refractivity contribution in [2.75, 3.05) is 0 Å². The highest BCUT2D eigenvalue weighted by atomic mass is 19.1. The van der Waals surface area contributed by atoms with Gasteiger partial charge in [0.25, 0.3) is 0 Å². The minimum absolute atomic E-state index is 0.00296. The molecule has 2 N–H and O–H groups in total. The van der Waals surface area contributed by atoms with Crippen LogP contribution in [0.4, 0.5) is 8.78 Å². The third-order valence-electron chi connectivity index (χ3n) is 4.30. The van der Waals surface area contributed by atoms with Crippen LogP contribution in [-0.4, -0.2) is 23.0 Å². The molecule has 0 bridgehead atoms. The summed E-state index contributed by atoms with van der Waals surface area (Å²) in [4.78, 5) is 23.8. The third kappa shape index (κ3) is 4.47.